The quantitative estimate of drug-likeness (QED) is 0.419. The third kappa shape index (κ3) is 4.53. The van der Waals surface area contributed by atoms with Gasteiger partial charge in [-0.05, 0) is 61.1 Å². The van der Waals surface area contributed by atoms with Crippen molar-refractivity contribution in [2.45, 2.75) is 6.92 Å². The van der Waals surface area contributed by atoms with Gasteiger partial charge in [0.2, 0.25) is 0 Å². The fourth-order valence-electron chi connectivity index (χ4n) is 2.78. The topological polar surface area (TPSA) is 67.9 Å². The van der Waals surface area contributed by atoms with Gasteiger partial charge in [0.25, 0.3) is 11.8 Å². The maximum atomic E-state index is 13.1. The number of hydrogen-bond acceptors (Lipinski definition) is 5. The first kappa shape index (κ1) is 21.1. The van der Waals surface area contributed by atoms with Gasteiger partial charge < -0.3 is 9.47 Å². The maximum Gasteiger partial charge on any atom is 0.270 e. The second-order valence-electron chi connectivity index (χ2n) is 5.93. The van der Waals surface area contributed by atoms with Crippen LogP contribution in [0.4, 0.5) is 5.69 Å². The SMILES string of the molecule is CCOc1cc(/C=C2\C(=O)NC(=S)N(c3cc(Cl)cc(Cl)c3)C2=O)ccc1OC. The van der Waals surface area contributed by atoms with Gasteiger partial charge >= 0.3 is 0 Å². The highest BCUT2D eigenvalue weighted by Crippen LogP contribution is 2.31. The van der Waals surface area contributed by atoms with Gasteiger partial charge in [0, 0.05) is 10.0 Å². The lowest BCUT2D eigenvalue weighted by Gasteiger charge is -2.29. The molecule has 0 radical (unpaired) electrons. The minimum Gasteiger partial charge on any atom is -0.493 e. The Morgan fingerprint density at radius 1 is 1.10 bits per heavy atom. The summed E-state index contributed by atoms with van der Waals surface area (Å²) in [7, 11) is 1.53. The van der Waals surface area contributed by atoms with Gasteiger partial charge in [0.05, 0.1) is 19.4 Å². The second-order valence-corrected chi connectivity index (χ2v) is 7.19. The predicted octanol–water partition coefficient (Wildman–Crippen LogP) is 4.23. The van der Waals surface area contributed by atoms with Crippen molar-refractivity contribution in [1.29, 1.82) is 0 Å². The standard InChI is InChI=1S/C20H16Cl2N2O4S/c1-3-28-17-7-11(4-5-16(17)27-2)6-15-18(25)23-20(29)24(19(15)26)14-9-12(21)8-13(22)10-14/h4-10H,3H2,1-2H3,(H,23,25,29)/b15-6+. The highest BCUT2D eigenvalue weighted by molar-refractivity contribution is 7.80. The zero-order valence-electron chi connectivity index (χ0n) is 15.5. The van der Waals surface area contributed by atoms with E-state index in [0.717, 1.165) is 0 Å². The number of hydrogen-bond donors (Lipinski definition) is 1. The van der Waals surface area contributed by atoms with E-state index in [-0.39, 0.29) is 10.7 Å². The molecule has 1 N–H and O–H groups in total. The van der Waals surface area contributed by atoms with E-state index in [1.54, 1.807) is 18.2 Å². The highest BCUT2D eigenvalue weighted by atomic mass is 35.5. The van der Waals surface area contributed by atoms with Crippen molar-refractivity contribution < 1.29 is 19.1 Å². The molecule has 1 aliphatic heterocycles. The zero-order valence-corrected chi connectivity index (χ0v) is 17.8. The Bertz CT molecular complexity index is 1020. The van der Waals surface area contributed by atoms with Gasteiger partial charge in [-0.25, -0.2) is 0 Å². The average Bonchev–Trinajstić information content (AvgIpc) is 2.65. The summed E-state index contributed by atoms with van der Waals surface area (Å²) in [6.45, 7) is 2.28. The third-order valence-corrected chi connectivity index (χ3v) is 4.73. The Hall–Kier alpha value is -2.61. The van der Waals surface area contributed by atoms with Crippen molar-refractivity contribution >= 4 is 64.1 Å². The fourth-order valence-corrected chi connectivity index (χ4v) is 3.57. The number of carbonyl (C=O) groups excluding carboxylic acids is 2. The zero-order chi connectivity index (χ0) is 21.1. The summed E-state index contributed by atoms with van der Waals surface area (Å²) in [6.07, 6.45) is 1.46. The van der Waals surface area contributed by atoms with Gasteiger partial charge in [-0.1, -0.05) is 29.3 Å². The number of ether oxygens (including phenoxy) is 2. The molecule has 0 saturated carbocycles. The molecular formula is C20H16Cl2N2O4S. The highest BCUT2D eigenvalue weighted by Gasteiger charge is 2.34. The van der Waals surface area contributed by atoms with Crippen molar-refractivity contribution in [3.8, 4) is 11.5 Å². The monoisotopic (exact) mass is 450 g/mol. The van der Waals surface area contributed by atoms with E-state index in [0.29, 0.717) is 39.4 Å². The number of rotatable bonds is 5. The van der Waals surface area contributed by atoms with Crippen LogP contribution in [-0.2, 0) is 9.59 Å². The minimum absolute atomic E-state index is 0.0554. The number of amides is 2. The summed E-state index contributed by atoms with van der Waals surface area (Å²) in [6, 6.07) is 9.69. The Kier molecular flexibility index (Phi) is 6.42. The van der Waals surface area contributed by atoms with Crippen LogP contribution in [0.15, 0.2) is 42.0 Å². The summed E-state index contributed by atoms with van der Waals surface area (Å²) in [4.78, 5) is 26.7. The summed E-state index contributed by atoms with van der Waals surface area (Å²) in [5, 5.41) is 3.13. The van der Waals surface area contributed by atoms with Gasteiger partial charge in [-0.3, -0.25) is 19.8 Å². The van der Waals surface area contributed by atoms with Crippen molar-refractivity contribution in [3.05, 3.63) is 57.6 Å². The van der Waals surface area contributed by atoms with Gasteiger partial charge in [0.1, 0.15) is 5.57 Å². The first-order valence-electron chi connectivity index (χ1n) is 8.52. The summed E-state index contributed by atoms with van der Waals surface area (Å²) < 4.78 is 10.8. The average molecular weight is 451 g/mol. The maximum absolute atomic E-state index is 13.1. The van der Waals surface area contributed by atoms with Crippen molar-refractivity contribution in [1.82, 2.24) is 5.32 Å². The molecule has 0 unspecified atom stereocenters. The van der Waals surface area contributed by atoms with Gasteiger partial charge in [-0.15, -0.1) is 0 Å². The molecular weight excluding hydrogens is 435 g/mol. The molecule has 1 saturated heterocycles. The van der Waals surface area contributed by atoms with E-state index in [1.807, 2.05) is 6.92 Å². The molecule has 29 heavy (non-hydrogen) atoms. The lowest BCUT2D eigenvalue weighted by molar-refractivity contribution is -0.122. The molecule has 6 nitrogen and oxygen atoms in total. The second kappa shape index (κ2) is 8.82. The van der Waals surface area contributed by atoms with Gasteiger partial charge in [-0.2, -0.15) is 0 Å². The number of anilines is 1. The van der Waals surface area contributed by atoms with Crippen molar-refractivity contribution in [3.63, 3.8) is 0 Å². The van der Waals surface area contributed by atoms with Crippen molar-refractivity contribution in [2.75, 3.05) is 18.6 Å². The molecule has 1 heterocycles. The van der Waals surface area contributed by atoms with Crippen LogP contribution in [0.3, 0.4) is 0 Å². The smallest absolute Gasteiger partial charge is 0.270 e. The Morgan fingerprint density at radius 3 is 2.41 bits per heavy atom. The predicted molar refractivity (Wildman–Crippen MR) is 117 cm³/mol. The van der Waals surface area contributed by atoms with E-state index in [1.165, 1.54) is 36.3 Å². The summed E-state index contributed by atoms with van der Waals surface area (Å²) in [5.41, 5.74) is 0.847. The lowest BCUT2D eigenvalue weighted by Crippen LogP contribution is -2.54. The van der Waals surface area contributed by atoms with Crippen LogP contribution in [-0.4, -0.2) is 30.6 Å². The lowest BCUT2D eigenvalue weighted by atomic mass is 10.1. The normalized spacial score (nSPS) is 15.5. The molecule has 150 valence electrons. The van der Waals surface area contributed by atoms with Crippen LogP contribution >= 0.6 is 35.4 Å². The van der Waals surface area contributed by atoms with Crippen LogP contribution in [0.1, 0.15) is 12.5 Å². The van der Waals surface area contributed by atoms with E-state index < -0.39 is 11.8 Å². The number of carbonyl (C=O) groups is 2. The first-order valence-corrected chi connectivity index (χ1v) is 9.69. The van der Waals surface area contributed by atoms with E-state index in [2.05, 4.69) is 5.32 Å². The number of benzene rings is 2. The van der Waals surface area contributed by atoms with Crippen LogP contribution in [0, 0.1) is 0 Å². The molecule has 2 aromatic rings. The minimum atomic E-state index is -0.599. The summed E-state index contributed by atoms with van der Waals surface area (Å²) in [5.74, 6) is -0.143. The molecule has 9 heteroatoms. The number of nitrogens with zero attached hydrogens (tertiary/aromatic N) is 1. The van der Waals surface area contributed by atoms with Crippen molar-refractivity contribution in [2.24, 2.45) is 0 Å². The van der Waals surface area contributed by atoms with Crippen LogP contribution in [0.25, 0.3) is 6.08 Å². The summed E-state index contributed by atoms with van der Waals surface area (Å²) >= 11 is 17.3. The van der Waals surface area contributed by atoms with Crippen LogP contribution < -0.4 is 19.7 Å². The third-order valence-electron chi connectivity index (χ3n) is 4.01. The first-order chi connectivity index (χ1) is 13.8. The molecule has 1 fully saturated rings. The van der Waals surface area contributed by atoms with Gasteiger partial charge in [0.15, 0.2) is 16.6 Å². The molecule has 1 aliphatic rings. The molecule has 3 rings (SSSR count). The fraction of sp³-hybridized carbons (Fsp3) is 0.150. The van der Waals surface area contributed by atoms with E-state index in [4.69, 9.17) is 44.9 Å². The molecule has 0 spiro atoms. The molecule has 0 bridgehead atoms. The Labute approximate surface area is 183 Å². The number of nitrogens with one attached hydrogen (secondary N) is 1. The Balaban J connectivity index is 2.02. The number of thiocarbonyl (C=S) groups is 1. The Morgan fingerprint density at radius 2 is 1.79 bits per heavy atom. The molecule has 2 amide bonds. The largest absolute Gasteiger partial charge is 0.493 e. The molecule has 2 aromatic carbocycles. The molecule has 0 aromatic heterocycles. The van der Waals surface area contributed by atoms with E-state index in [9.17, 15) is 9.59 Å². The number of halogens is 2. The van der Waals surface area contributed by atoms with Crippen LogP contribution in [0.5, 0.6) is 11.5 Å². The van der Waals surface area contributed by atoms with E-state index >= 15 is 0 Å². The number of methoxy groups -OCH3 is 1. The molecule has 0 aliphatic carbocycles. The van der Waals surface area contributed by atoms with Crippen LogP contribution in [0.2, 0.25) is 10.0 Å². The molecule has 0 atom stereocenters.